The molecule has 9 heteroatoms. The van der Waals surface area contributed by atoms with Crippen molar-refractivity contribution >= 4 is 39.1 Å². The predicted octanol–water partition coefficient (Wildman–Crippen LogP) is 5.79. The number of aryl methyl sites for hydroxylation is 3. The lowest BCUT2D eigenvalue weighted by Crippen LogP contribution is -2.52. The van der Waals surface area contributed by atoms with Crippen LogP contribution < -0.4 is 9.62 Å². The van der Waals surface area contributed by atoms with Crippen LogP contribution in [0.15, 0.2) is 71.6 Å². The highest BCUT2D eigenvalue weighted by molar-refractivity contribution is 7.92. The molecule has 0 radical (unpaired) electrons. The van der Waals surface area contributed by atoms with Crippen molar-refractivity contribution in [1.29, 1.82) is 0 Å². The summed E-state index contributed by atoms with van der Waals surface area (Å²) < 4.78 is 29.2. The molecule has 214 valence electrons. The Morgan fingerprint density at radius 3 is 2.17 bits per heavy atom. The third-order valence-electron chi connectivity index (χ3n) is 6.99. The Kier molecular flexibility index (Phi) is 10.4. The average Bonchev–Trinajstić information content (AvgIpc) is 2.92. The van der Waals surface area contributed by atoms with E-state index in [0.717, 1.165) is 21.9 Å². The second kappa shape index (κ2) is 13.3. The molecule has 0 fully saturated rings. The molecule has 40 heavy (non-hydrogen) atoms. The fraction of sp³-hybridized carbons (Fsp3) is 0.355. The zero-order valence-corrected chi connectivity index (χ0v) is 25.5. The van der Waals surface area contributed by atoms with Gasteiger partial charge in [0.1, 0.15) is 12.6 Å². The van der Waals surface area contributed by atoms with Gasteiger partial charge in [-0.05, 0) is 82.0 Å². The summed E-state index contributed by atoms with van der Waals surface area (Å²) in [4.78, 5) is 28.7. The van der Waals surface area contributed by atoms with Crippen LogP contribution in [0.2, 0.25) is 5.02 Å². The summed E-state index contributed by atoms with van der Waals surface area (Å²) >= 11 is 6.42. The Labute approximate surface area is 243 Å². The molecule has 2 amide bonds. The van der Waals surface area contributed by atoms with Crippen molar-refractivity contribution in [3.63, 3.8) is 0 Å². The van der Waals surface area contributed by atoms with Gasteiger partial charge in [0.25, 0.3) is 10.0 Å². The summed E-state index contributed by atoms with van der Waals surface area (Å²) in [6, 6.07) is 18.1. The first-order chi connectivity index (χ1) is 18.8. The molecule has 0 aromatic heterocycles. The van der Waals surface area contributed by atoms with E-state index in [1.807, 2.05) is 39.8 Å². The van der Waals surface area contributed by atoms with Crippen LogP contribution in [-0.4, -0.2) is 43.8 Å². The van der Waals surface area contributed by atoms with Gasteiger partial charge in [-0.25, -0.2) is 8.42 Å². The fourth-order valence-corrected chi connectivity index (χ4v) is 5.86. The van der Waals surface area contributed by atoms with Crippen LogP contribution in [0, 0.1) is 20.8 Å². The molecule has 1 N–H and O–H groups in total. The van der Waals surface area contributed by atoms with Gasteiger partial charge in [0, 0.05) is 17.6 Å². The molecule has 0 saturated carbocycles. The first-order valence-corrected chi connectivity index (χ1v) is 15.2. The van der Waals surface area contributed by atoms with Gasteiger partial charge in [0.15, 0.2) is 0 Å². The normalized spacial score (nSPS) is 12.9. The number of sulfonamides is 1. The summed E-state index contributed by atoms with van der Waals surface area (Å²) in [6.45, 7) is 10.6. The zero-order chi connectivity index (χ0) is 29.6. The summed E-state index contributed by atoms with van der Waals surface area (Å²) in [5, 5.41) is 3.38. The number of benzene rings is 3. The molecule has 0 heterocycles. The topological polar surface area (TPSA) is 86.8 Å². The second-order valence-electron chi connectivity index (χ2n) is 10.2. The molecule has 0 spiro atoms. The van der Waals surface area contributed by atoms with E-state index >= 15 is 0 Å². The number of rotatable bonds is 11. The lowest BCUT2D eigenvalue weighted by atomic mass is 10.1. The molecular weight excluding hydrogens is 546 g/mol. The minimum atomic E-state index is -4.13. The monoisotopic (exact) mass is 583 g/mol. The van der Waals surface area contributed by atoms with E-state index in [-0.39, 0.29) is 23.4 Å². The van der Waals surface area contributed by atoms with Crippen molar-refractivity contribution in [3.05, 3.63) is 94.0 Å². The van der Waals surface area contributed by atoms with Gasteiger partial charge in [-0.1, -0.05) is 66.6 Å². The quantitative estimate of drug-likeness (QED) is 0.309. The molecule has 0 aliphatic heterocycles. The van der Waals surface area contributed by atoms with Gasteiger partial charge < -0.3 is 10.2 Å². The highest BCUT2D eigenvalue weighted by atomic mass is 35.5. The first kappa shape index (κ1) is 31.2. The van der Waals surface area contributed by atoms with Gasteiger partial charge in [-0.2, -0.15) is 0 Å². The van der Waals surface area contributed by atoms with Crippen molar-refractivity contribution in [2.45, 2.75) is 71.5 Å². The molecule has 3 aromatic rings. The van der Waals surface area contributed by atoms with E-state index in [4.69, 9.17) is 11.6 Å². The molecule has 0 bridgehead atoms. The smallest absolute Gasteiger partial charge is 0.264 e. The standard InChI is InChI=1S/C31H38ClN3O4S/c1-7-24(5)33-31(37)25(6)34(19-26-10-8-9-11-28(26)32)30(36)20-35(29-18-22(3)12-15-23(29)4)40(38,39)27-16-13-21(2)14-17-27/h8-18,24-25H,7,19-20H2,1-6H3,(H,33,37)/t24-,25+/m1/s1. The van der Waals surface area contributed by atoms with Crippen LogP contribution in [0.5, 0.6) is 0 Å². The number of amides is 2. The van der Waals surface area contributed by atoms with Gasteiger partial charge in [0.05, 0.1) is 10.6 Å². The Balaban J connectivity index is 2.08. The minimum absolute atomic E-state index is 0.0405. The molecule has 0 aliphatic carbocycles. The molecule has 2 atom stereocenters. The van der Waals surface area contributed by atoms with Crippen molar-refractivity contribution in [1.82, 2.24) is 10.2 Å². The Bertz CT molecular complexity index is 1460. The van der Waals surface area contributed by atoms with Crippen molar-refractivity contribution < 1.29 is 18.0 Å². The zero-order valence-electron chi connectivity index (χ0n) is 23.9. The second-order valence-corrected chi connectivity index (χ2v) is 12.5. The maximum atomic E-state index is 14.1. The fourth-order valence-electron chi connectivity index (χ4n) is 4.20. The maximum Gasteiger partial charge on any atom is 0.264 e. The van der Waals surface area contributed by atoms with E-state index in [1.165, 1.54) is 17.0 Å². The summed E-state index contributed by atoms with van der Waals surface area (Å²) in [7, 11) is -4.13. The number of hydrogen-bond acceptors (Lipinski definition) is 4. The lowest BCUT2D eigenvalue weighted by Gasteiger charge is -2.33. The molecule has 3 aromatic carbocycles. The van der Waals surface area contributed by atoms with E-state index < -0.39 is 28.5 Å². The largest absolute Gasteiger partial charge is 0.352 e. The molecule has 3 rings (SSSR count). The van der Waals surface area contributed by atoms with Crippen molar-refractivity contribution in [3.8, 4) is 0 Å². The van der Waals surface area contributed by atoms with Gasteiger partial charge in [0.2, 0.25) is 11.8 Å². The third kappa shape index (κ3) is 7.43. The number of anilines is 1. The number of hydrogen-bond donors (Lipinski definition) is 1. The third-order valence-corrected chi connectivity index (χ3v) is 9.13. The number of halogens is 1. The van der Waals surface area contributed by atoms with E-state index in [9.17, 15) is 18.0 Å². The Morgan fingerprint density at radius 1 is 0.925 bits per heavy atom. The highest BCUT2D eigenvalue weighted by Gasteiger charge is 2.33. The maximum absolute atomic E-state index is 14.1. The summed E-state index contributed by atoms with van der Waals surface area (Å²) in [5.41, 5.74) is 3.53. The highest BCUT2D eigenvalue weighted by Crippen LogP contribution is 2.29. The average molecular weight is 584 g/mol. The molecule has 7 nitrogen and oxygen atoms in total. The molecule has 0 saturated heterocycles. The van der Waals surface area contributed by atoms with Crippen LogP contribution in [0.4, 0.5) is 5.69 Å². The van der Waals surface area contributed by atoms with Crippen LogP contribution in [0.3, 0.4) is 0 Å². The number of carbonyl (C=O) groups is 2. The first-order valence-electron chi connectivity index (χ1n) is 13.3. The predicted molar refractivity (Wildman–Crippen MR) is 161 cm³/mol. The van der Waals surface area contributed by atoms with Crippen molar-refractivity contribution in [2.75, 3.05) is 10.8 Å². The van der Waals surface area contributed by atoms with Crippen LogP contribution in [0.25, 0.3) is 0 Å². The van der Waals surface area contributed by atoms with E-state index in [2.05, 4.69) is 5.32 Å². The summed E-state index contributed by atoms with van der Waals surface area (Å²) in [5.74, 6) is -0.849. The molecule has 0 aliphatic rings. The number of nitrogens with zero attached hydrogens (tertiary/aromatic N) is 2. The van der Waals surface area contributed by atoms with Gasteiger partial charge in [-0.3, -0.25) is 13.9 Å². The number of nitrogens with one attached hydrogen (secondary N) is 1. The summed E-state index contributed by atoms with van der Waals surface area (Å²) in [6.07, 6.45) is 0.728. The molecule has 0 unspecified atom stereocenters. The van der Waals surface area contributed by atoms with Crippen LogP contribution in [-0.2, 0) is 26.2 Å². The van der Waals surface area contributed by atoms with Gasteiger partial charge >= 0.3 is 0 Å². The Morgan fingerprint density at radius 2 is 1.55 bits per heavy atom. The number of carbonyl (C=O) groups excluding carboxylic acids is 2. The lowest BCUT2D eigenvalue weighted by molar-refractivity contribution is -0.139. The van der Waals surface area contributed by atoms with E-state index in [0.29, 0.717) is 21.8 Å². The van der Waals surface area contributed by atoms with Crippen LogP contribution in [0.1, 0.15) is 49.4 Å². The molecular formula is C31H38ClN3O4S. The Hall–Kier alpha value is -3.36. The van der Waals surface area contributed by atoms with Crippen molar-refractivity contribution in [2.24, 2.45) is 0 Å². The van der Waals surface area contributed by atoms with Crippen LogP contribution >= 0.6 is 11.6 Å². The SMILES string of the molecule is CC[C@@H](C)NC(=O)[C@H](C)N(Cc1ccccc1Cl)C(=O)CN(c1cc(C)ccc1C)S(=O)(=O)c1ccc(C)cc1. The van der Waals surface area contributed by atoms with E-state index in [1.54, 1.807) is 56.3 Å². The minimum Gasteiger partial charge on any atom is -0.352 e. The van der Waals surface area contributed by atoms with Gasteiger partial charge in [-0.15, -0.1) is 0 Å².